The number of para-hydroxylation sites is 3. The van der Waals surface area contributed by atoms with Crippen molar-refractivity contribution in [3.8, 4) is 34.2 Å². The maximum atomic E-state index is 5.76. The lowest BCUT2D eigenvalue weighted by molar-refractivity contribution is 0.444. The molecule has 0 radical (unpaired) electrons. The van der Waals surface area contributed by atoms with Gasteiger partial charge in [0, 0.05) is 33.2 Å². The van der Waals surface area contributed by atoms with Crippen LogP contribution in [0.2, 0.25) is 0 Å². The highest BCUT2D eigenvalue weighted by atomic mass is 28.3. The van der Waals surface area contributed by atoms with Crippen LogP contribution < -0.4 is 20.7 Å². The molecule has 0 saturated heterocycles. The summed E-state index contributed by atoms with van der Waals surface area (Å²) in [5.41, 5.74) is 10.3. The van der Waals surface area contributed by atoms with Gasteiger partial charge in [0.2, 0.25) is 5.95 Å². The van der Waals surface area contributed by atoms with Crippen LogP contribution in [0.4, 0.5) is 0 Å². The first-order chi connectivity index (χ1) is 34.2. The predicted octanol–water partition coefficient (Wildman–Crippen LogP) is 13.4. The molecule has 3 aromatic heterocycles. The first-order valence-corrected chi connectivity index (χ1v) is 26.5. The predicted molar refractivity (Wildman–Crippen MR) is 291 cm³/mol. The summed E-state index contributed by atoms with van der Waals surface area (Å²) >= 11 is 0. The first-order valence-electron chi connectivity index (χ1n) is 24.5. The Balaban J connectivity index is 1.14. The number of benzene rings is 9. The zero-order valence-electron chi connectivity index (χ0n) is 38.4. The second-order valence-corrected chi connectivity index (χ2v) is 22.5. The smallest absolute Gasteiger partial charge is 0.237 e. The number of hydrogen-bond acceptors (Lipinski definition) is 2. The Hall–Kier alpha value is -8.12. The lowest BCUT2D eigenvalue weighted by Crippen LogP contribution is -2.74. The van der Waals surface area contributed by atoms with Gasteiger partial charge < -0.3 is 0 Å². The maximum Gasteiger partial charge on any atom is 0.237 e. The van der Waals surface area contributed by atoms with Gasteiger partial charge in [0.25, 0.3) is 0 Å². The molecule has 1 aliphatic carbocycles. The summed E-state index contributed by atoms with van der Waals surface area (Å²) in [6.07, 6.45) is 6.15. The molecule has 0 bridgehead atoms. The molecule has 0 atom stereocenters. The standard InChI is InChI=1S/C64H50N4Si/c1-6-22-45(23-7-1)47-38-40-52(46-24-8-2-9-25-46)57(42-47)58-44-63(66-64(65-58)68-60-36-20-17-32-53(60)54-33-18-21-37-61(54)68)67-59-35-19-16-34-55(59)56-41-39-51(43-62(56)67)69(48-26-10-3-11-27-48,49-28-12-4-13-29-49)50-30-14-5-15-31-50/h1,3-7,10-23,26-44,46H,2,8-9,24-25H2. The van der Waals surface area contributed by atoms with E-state index < -0.39 is 8.07 Å². The highest BCUT2D eigenvalue weighted by Crippen LogP contribution is 2.42. The molecule has 3 heterocycles. The summed E-state index contributed by atoms with van der Waals surface area (Å²) in [5, 5.41) is 10.1. The molecule has 0 N–H and O–H groups in total. The number of hydrogen-bond donors (Lipinski definition) is 0. The van der Waals surface area contributed by atoms with E-state index in [1.807, 2.05) is 0 Å². The molecule has 5 heteroatoms. The van der Waals surface area contributed by atoms with E-state index in [4.69, 9.17) is 9.97 Å². The van der Waals surface area contributed by atoms with Gasteiger partial charge in [-0.05, 0) is 86.5 Å². The zero-order chi connectivity index (χ0) is 45.7. The lowest BCUT2D eigenvalue weighted by Gasteiger charge is -2.34. The van der Waals surface area contributed by atoms with Gasteiger partial charge in [0.1, 0.15) is 5.82 Å². The number of rotatable bonds is 9. The summed E-state index contributed by atoms with van der Waals surface area (Å²) in [6.45, 7) is 0. The van der Waals surface area contributed by atoms with Crippen LogP contribution >= 0.6 is 0 Å². The van der Waals surface area contributed by atoms with Crippen LogP contribution in [0.15, 0.2) is 237 Å². The zero-order valence-corrected chi connectivity index (χ0v) is 39.4. The third-order valence-corrected chi connectivity index (χ3v) is 19.7. The Morgan fingerprint density at radius 2 is 0.855 bits per heavy atom. The van der Waals surface area contributed by atoms with E-state index in [2.05, 4.69) is 246 Å². The highest BCUT2D eigenvalue weighted by molar-refractivity contribution is 7.20. The fourth-order valence-electron chi connectivity index (χ4n) is 11.8. The van der Waals surface area contributed by atoms with Crippen molar-refractivity contribution in [2.24, 2.45) is 0 Å². The summed E-state index contributed by atoms with van der Waals surface area (Å²) in [6, 6.07) is 87.4. The van der Waals surface area contributed by atoms with Gasteiger partial charge in [-0.15, -0.1) is 0 Å². The molecule has 0 amide bonds. The number of aromatic nitrogens is 4. The Labute approximate surface area is 403 Å². The minimum atomic E-state index is -2.88. The molecule has 4 nitrogen and oxygen atoms in total. The average Bonchev–Trinajstić information content (AvgIpc) is 3.95. The molecule has 13 rings (SSSR count). The summed E-state index contributed by atoms with van der Waals surface area (Å²) in [7, 11) is -2.88. The summed E-state index contributed by atoms with van der Waals surface area (Å²) in [5.74, 6) is 1.95. The van der Waals surface area contributed by atoms with Crippen LogP contribution in [0.1, 0.15) is 43.6 Å². The summed E-state index contributed by atoms with van der Waals surface area (Å²) in [4.78, 5) is 11.5. The van der Waals surface area contributed by atoms with E-state index in [0.717, 1.165) is 33.6 Å². The van der Waals surface area contributed by atoms with Crippen molar-refractivity contribution in [2.75, 3.05) is 0 Å². The second kappa shape index (κ2) is 17.2. The topological polar surface area (TPSA) is 35.6 Å². The quantitative estimate of drug-likeness (QED) is 0.107. The summed E-state index contributed by atoms with van der Waals surface area (Å²) < 4.78 is 4.72. The molecule has 9 aromatic carbocycles. The highest BCUT2D eigenvalue weighted by Gasteiger charge is 2.41. The third kappa shape index (κ3) is 6.87. The molecule has 0 aliphatic heterocycles. The largest absolute Gasteiger partial charge is 0.294 e. The van der Waals surface area contributed by atoms with Crippen molar-refractivity contribution >= 4 is 72.4 Å². The molecule has 1 aliphatic rings. The molecule has 1 saturated carbocycles. The average molecular weight is 903 g/mol. The van der Waals surface area contributed by atoms with Gasteiger partial charge in [-0.3, -0.25) is 9.13 Å². The second-order valence-electron chi connectivity index (χ2n) is 18.7. The van der Waals surface area contributed by atoms with Crippen molar-refractivity contribution in [2.45, 2.75) is 38.0 Å². The number of fused-ring (bicyclic) bond motifs is 6. The Morgan fingerprint density at radius 1 is 0.362 bits per heavy atom. The maximum absolute atomic E-state index is 5.76. The van der Waals surface area contributed by atoms with E-state index in [9.17, 15) is 0 Å². The van der Waals surface area contributed by atoms with E-state index in [1.165, 1.54) is 96.6 Å². The minimum Gasteiger partial charge on any atom is -0.294 e. The Morgan fingerprint density at radius 3 is 1.42 bits per heavy atom. The third-order valence-electron chi connectivity index (χ3n) is 14.9. The monoisotopic (exact) mass is 902 g/mol. The molecule has 0 unspecified atom stereocenters. The van der Waals surface area contributed by atoms with Crippen LogP contribution in [0.25, 0.3) is 77.8 Å². The van der Waals surface area contributed by atoms with Gasteiger partial charge in [0.15, 0.2) is 8.07 Å². The van der Waals surface area contributed by atoms with Gasteiger partial charge >= 0.3 is 0 Å². The Kier molecular flexibility index (Phi) is 10.2. The molecular formula is C64H50N4Si. The van der Waals surface area contributed by atoms with Crippen LogP contribution in [0, 0.1) is 0 Å². The molecule has 69 heavy (non-hydrogen) atoms. The van der Waals surface area contributed by atoms with E-state index in [0.29, 0.717) is 11.9 Å². The van der Waals surface area contributed by atoms with Gasteiger partial charge in [-0.2, -0.15) is 4.98 Å². The lowest BCUT2D eigenvalue weighted by atomic mass is 9.80. The van der Waals surface area contributed by atoms with E-state index >= 15 is 0 Å². The number of nitrogens with zero attached hydrogens (tertiary/aromatic N) is 4. The molecule has 0 spiro atoms. The van der Waals surface area contributed by atoms with E-state index in [1.54, 1.807) is 0 Å². The van der Waals surface area contributed by atoms with Crippen LogP contribution in [0.5, 0.6) is 0 Å². The van der Waals surface area contributed by atoms with Crippen molar-refractivity contribution in [1.82, 2.24) is 19.1 Å². The van der Waals surface area contributed by atoms with Crippen molar-refractivity contribution in [3.63, 3.8) is 0 Å². The minimum absolute atomic E-state index is 0.455. The van der Waals surface area contributed by atoms with Crippen LogP contribution in [0.3, 0.4) is 0 Å². The van der Waals surface area contributed by atoms with Gasteiger partial charge in [-0.25, -0.2) is 4.98 Å². The van der Waals surface area contributed by atoms with Crippen molar-refractivity contribution in [1.29, 1.82) is 0 Å². The Bertz CT molecular complexity index is 3670. The fraction of sp³-hybridized carbons (Fsp3) is 0.0938. The molecular weight excluding hydrogens is 853 g/mol. The van der Waals surface area contributed by atoms with Crippen molar-refractivity contribution < 1.29 is 0 Å². The van der Waals surface area contributed by atoms with Gasteiger partial charge in [0.05, 0.1) is 27.8 Å². The normalized spacial score (nSPS) is 13.4. The van der Waals surface area contributed by atoms with Crippen LogP contribution in [-0.2, 0) is 0 Å². The van der Waals surface area contributed by atoms with Crippen LogP contribution in [-0.4, -0.2) is 27.2 Å². The SMILES string of the molecule is c1ccc(-c2ccc(C3CCCCC3)c(-c3cc(-n4c5ccccc5c5ccc([Si](c6ccccc6)(c6ccccc6)c6ccccc6)cc54)nc(-n4c5ccccc5c5ccccc54)n3)c2)cc1. The fourth-order valence-corrected chi connectivity index (χ4v) is 16.5. The molecule has 12 aromatic rings. The molecule has 1 fully saturated rings. The van der Waals surface area contributed by atoms with Crippen molar-refractivity contribution in [3.05, 3.63) is 242 Å². The first kappa shape index (κ1) is 41.1. The van der Waals surface area contributed by atoms with Gasteiger partial charge in [-0.1, -0.05) is 219 Å². The van der Waals surface area contributed by atoms with E-state index in [-0.39, 0.29) is 0 Å². The molecule has 330 valence electrons.